The Morgan fingerprint density at radius 3 is 2.12 bits per heavy atom. The lowest BCUT2D eigenvalue weighted by atomic mass is 9.78. The van der Waals surface area contributed by atoms with Crippen LogP contribution in [0, 0.1) is 5.92 Å². The molecule has 0 heterocycles. The summed E-state index contributed by atoms with van der Waals surface area (Å²) < 4.78 is 64.5. The number of hydrogen-bond donors (Lipinski definition) is 0. The molecule has 0 unspecified atom stereocenters. The molecule has 0 atom stereocenters. The number of rotatable bonds is 8. The average Bonchev–Trinajstić information content (AvgIpc) is 2.84. The maximum absolute atomic E-state index is 15.1. The summed E-state index contributed by atoms with van der Waals surface area (Å²) in [6.07, 6.45) is 2.23. The number of ether oxygens (including phenoxy) is 2. The van der Waals surface area contributed by atoms with Crippen LogP contribution >= 0.6 is 0 Å². The quantitative estimate of drug-likeness (QED) is 0.305. The van der Waals surface area contributed by atoms with Gasteiger partial charge in [0.2, 0.25) is 0 Å². The molecule has 1 aliphatic carbocycles. The standard InChI is InChI=1S/C28H28F4O2/c1-2-19-7-9-20(10-8-19)21-11-15-23(16-12-21)28(31,32)34-26-6-4-3-5-25(26)22-13-17-24(18-14-22)33-27(29)30/h3-6,11-20,27H,2,7-10H2,1H3/t19-,20-. The van der Waals surface area contributed by atoms with Gasteiger partial charge in [-0.05, 0) is 79.0 Å². The second kappa shape index (κ2) is 10.5. The lowest BCUT2D eigenvalue weighted by molar-refractivity contribution is -0.185. The zero-order valence-electron chi connectivity index (χ0n) is 19.0. The number of alkyl halides is 4. The minimum atomic E-state index is -3.53. The van der Waals surface area contributed by atoms with E-state index in [2.05, 4.69) is 11.7 Å². The highest BCUT2D eigenvalue weighted by Gasteiger charge is 2.35. The third-order valence-electron chi connectivity index (χ3n) is 6.66. The van der Waals surface area contributed by atoms with E-state index in [1.54, 1.807) is 30.3 Å². The zero-order valence-corrected chi connectivity index (χ0v) is 19.0. The van der Waals surface area contributed by atoms with Gasteiger partial charge in [0.15, 0.2) is 0 Å². The van der Waals surface area contributed by atoms with Crippen LogP contribution in [-0.2, 0) is 6.11 Å². The van der Waals surface area contributed by atoms with Crippen molar-refractivity contribution < 1.29 is 27.0 Å². The fourth-order valence-corrected chi connectivity index (χ4v) is 4.66. The molecule has 0 spiro atoms. The smallest absolute Gasteiger partial charge is 0.426 e. The monoisotopic (exact) mass is 472 g/mol. The van der Waals surface area contributed by atoms with E-state index in [1.807, 2.05) is 0 Å². The van der Waals surface area contributed by atoms with Crippen molar-refractivity contribution in [1.82, 2.24) is 0 Å². The van der Waals surface area contributed by atoms with E-state index in [9.17, 15) is 8.78 Å². The van der Waals surface area contributed by atoms with Gasteiger partial charge in [0.1, 0.15) is 11.5 Å². The molecule has 1 saturated carbocycles. The molecule has 0 aromatic heterocycles. The Labute approximate surface area is 197 Å². The number of halogens is 4. The van der Waals surface area contributed by atoms with Crippen molar-refractivity contribution in [3.05, 3.63) is 83.9 Å². The minimum absolute atomic E-state index is 0.00278. The van der Waals surface area contributed by atoms with Gasteiger partial charge >= 0.3 is 12.7 Å². The van der Waals surface area contributed by atoms with Crippen LogP contribution in [-0.4, -0.2) is 6.61 Å². The van der Waals surface area contributed by atoms with Gasteiger partial charge in [0.25, 0.3) is 0 Å². The van der Waals surface area contributed by atoms with Gasteiger partial charge in [-0.15, -0.1) is 0 Å². The van der Waals surface area contributed by atoms with E-state index in [-0.39, 0.29) is 17.1 Å². The van der Waals surface area contributed by atoms with Crippen LogP contribution < -0.4 is 9.47 Å². The number of benzene rings is 3. The topological polar surface area (TPSA) is 18.5 Å². The summed E-state index contributed by atoms with van der Waals surface area (Å²) in [5, 5.41) is 0. The molecule has 0 aliphatic heterocycles. The van der Waals surface area contributed by atoms with Gasteiger partial charge in [-0.3, -0.25) is 0 Å². The molecule has 0 bridgehead atoms. The van der Waals surface area contributed by atoms with Crippen molar-refractivity contribution in [3.8, 4) is 22.6 Å². The Morgan fingerprint density at radius 1 is 0.853 bits per heavy atom. The molecular weight excluding hydrogens is 444 g/mol. The van der Waals surface area contributed by atoms with Gasteiger partial charge in [0.05, 0.1) is 5.56 Å². The Hall–Kier alpha value is -3.02. The van der Waals surface area contributed by atoms with E-state index in [4.69, 9.17) is 4.74 Å². The predicted molar refractivity (Wildman–Crippen MR) is 124 cm³/mol. The first-order valence-electron chi connectivity index (χ1n) is 11.7. The minimum Gasteiger partial charge on any atom is -0.435 e. The summed E-state index contributed by atoms with van der Waals surface area (Å²) in [5.74, 6) is 1.19. The predicted octanol–water partition coefficient (Wildman–Crippen LogP) is 8.77. The first-order chi connectivity index (χ1) is 16.4. The summed E-state index contributed by atoms with van der Waals surface area (Å²) in [7, 11) is 0. The molecule has 1 fully saturated rings. The molecule has 0 radical (unpaired) electrons. The van der Waals surface area contributed by atoms with Crippen molar-refractivity contribution in [2.45, 2.75) is 57.7 Å². The van der Waals surface area contributed by atoms with Gasteiger partial charge in [-0.1, -0.05) is 55.8 Å². The van der Waals surface area contributed by atoms with Crippen molar-refractivity contribution in [3.63, 3.8) is 0 Å². The Bertz CT molecular complexity index is 1060. The molecule has 0 N–H and O–H groups in total. The highest BCUT2D eigenvalue weighted by atomic mass is 19.3. The fourth-order valence-electron chi connectivity index (χ4n) is 4.66. The van der Waals surface area contributed by atoms with Crippen LogP contribution in [0.15, 0.2) is 72.8 Å². The second-order valence-electron chi connectivity index (χ2n) is 8.77. The Kier molecular flexibility index (Phi) is 7.44. The summed E-state index contributed by atoms with van der Waals surface area (Å²) in [6, 6.07) is 18.7. The van der Waals surface area contributed by atoms with Crippen LogP contribution in [0.25, 0.3) is 11.1 Å². The average molecular weight is 473 g/mol. The molecule has 0 saturated heterocycles. The van der Waals surface area contributed by atoms with E-state index in [1.165, 1.54) is 61.7 Å². The zero-order chi connectivity index (χ0) is 24.1. The molecule has 3 aromatic carbocycles. The normalized spacial score (nSPS) is 18.6. The summed E-state index contributed by atoms with van der Waals surface area (Å²) in [4.78, 5) is 0. The molecule has 4 rings (SSSR count). The van der Waals surface area contributed by atoms with E-state index in [0.29, 0.717) is 17.0 Å². The van der Waals surface area contributed by atoms with Gasteiger partial charge in [-0.2, -0.15) is 17.6 Å². The lowest BCUT2D eigenvalue weighted by Gasteiger charge is -2.28. The van der Waals surface area contributed by atoms with E-state index >= 15 is 8.78 Å². The first kappa shape index (κ1) is 24.1. The molecule has 0 amide bonds. The van der Waals surface area contributed by atoms with Crippen molar-refractivity contribution in [2.75, 3.05) is 0 Å². The van der Waals surface area contributed by atoms with Crippen molar-refractivity contribution >= 4 is 0 Å². The molecule has 2 nitrogen and oxygen atoms in total. The Balaban J connectivity index is 1.49. The van der Waals surface area contributed by atoms with E-state index in [0.717, 1.165) is 24.3 Å². The molecule has 3 aromatic rings. The molecule has 6 heteroatoms. The third kappa shape index (κ3) is 5.72. The largest absolute Gasteiger partial charge is 0.435 e. The fraction of sp³-hybridized carbons (Fsp3) is 0.357. The van der Waals surface area contributed by atoms with Crippen LogP contribution in [0.5, 0.6) is 11.5 Å². The van der Waals surface area contributed by atoms with Crippen molar-refractivity contribution in [2.24, 2.45) is 5.92 Å². The van der Waals surface area contributed by atoms with Crippen LogP contribution in [0.2, 0.25) is 0 Å². The lowest BCUT2D eigenvalue weighted by Crippen LogP contribution is -2.22. The van der Waals surface area contributed by atoms with Gasteiger partial charge < -0.3 is 9.47 Å². The van der Waals surface area contributed by atoms with Gasteiger partial charge in [-0.25, -0.2) is 0 Å². The van der Waals surface area contributed by atoms with E-state index < -0.39 is 12.7 Å². The highest BCUT2D eigenvalue weighted by molar-refractivity contribution is 5.71. The van der Waals surface area contributed by atoms with Crippen LogP contribution in [0.4, 0.5) is 17.6 Å². The summed E-state index contributed by atoms with van der Waals surface area (Å²) in [6.45, 7) is -0.713. The SMILES string of the molecule is CC[C@H]1CC[C@H](c2ccc(C(F)(F)Oc3ccccc3-c3ccc(OC(F)F)cc3)cc2)CC1. The first-order valence-corrected chi connectivity index (χ1v) is 11.7. The maximum atomic E-state index is 15.1. The molecule has 34 heavy (non-hydrogen) atoms. The molecule has 180 valence electrons. The molecular formula is C28H28F4O2. The highest BCUT2D eigenvalue weighted by Crippen LogP contribution is 2.40. The van der Waals surface area contributed by atoms with Gasteiger partial charge in [0, 0.05) is 5.56 Å². The number of para-hydroxylation sites is 1. The summed E-state index contributed by atoms with van der Waals surface area (Å²) >= 11 is 0. The van der Waals surface area contributed by atoms with Crippen molar-refractivity contribution in [1.29, 1.82) is 0 Å². The third-order valence-corrected chi connectivity index (χ3v) is 6.66. The second-order valence-corrected chi connectivity index (χ2v) is 8.77. The molecule has 1 aliphatic rings. The summed E-state index contributed by atoms with van der Waals surface area (Å²) in [5.41, 5.74) is 1.86. The van der Waals surface area contributed by atoms with Crippen LogP contribution in [0.1, 0.15) is 56.1 Å². The van der Waals surface area contributed by atoms with Crippen LogP contribution in [0.3, 0.4) is 0 Å². The maximum Gasteiger partial charge on any atom is 0.426 e. The Morgan fingerprint density at radius 2 is 1.50 bits per heavy atom. The number of hydrogen-bond acceptors (Lipinski definition) is 2.